The number of aliphatic hydroxyl groups is 3. The third kappa shape index (κ3) is 1.98. The van der Waals surface area contributed by atoms with E-state index in [-0.39, 0.29) is 23.4 Å². The van der Waals surface area contributed by atoms with Crippen molar-refractivity contribution in [3.63, 3.8) is 0 Å². The molecule has 0 amide bonds. The fraction of sp³-hybridized carbons (Fsp3) is 0.842. The first kappa shape index (κ1) is 15.8. The number of carbonyl (C=O) groups is 1. The van der Waals surface area contributed by atoms with Gasteiger partial charge in [0.25, 0.3) is 0 Å². The summed E-state index contributed by atoms with van der Waals surface area (Å²) >= 11 is 0. The zero-order valence-electron chi connectivity index (χ0n) is 14.1. The smallest absolute Gasteiger partial charge is 0.228 e. The number of ketones is 1. The molecule has 4 heteroatoms. The normalized spacial score (nSPS) is 51.5. The summed E-state index contributed by atoms with van der Waals surface area (Å²) in [7, 11) is 0. The maximum Gasteiger partial charge on any atom is 0.228 e. The highest BCUT2D eigenvalue weighted by molar-refractivity contribution is 5.97. The first-order valence-electron chi connectivity index (χ1n) is 9.07. The third-order valence-electron chi connectivity index (χ3n) is 8.00. The van der Waals surface area contributed by atoms with Gasteiger partial charge in [-0.2, -0.15) is 0 Å². The van der Waals surface area contributed by atoms with Crippen molar-refractivity contribution < 1.29 is 20.1 Å². The van der Waals surface area contributed by atoms with Crippen LogP contribution in [0, 0.1) is 28.6 Å². The van der Waals surface area contributed by atoms with Gasteiger partial charge in [0, 0.05) is 6.42 Å². The number of hydrogen-bond acceptors (Lipinski definition) is 4. The van der Waals surface area contributed by atoms with Crippen molar-refractivity contribution in [3.8, 4) is 0 Å². The van der Waals surface area contributed by atoms with E-state index in [0.29, 0.717) is 17.8 Å². The van der Waals surface area contributed by atoms with Gasteiger partial charge < -0.3 is 15.3 Å². The van der Waals surface area contributed by atoms with Crippen LogP contribution < -0.4 is 0 Å². The Balaban J connectivity index is 1.71. The fourth-order valence-electron chi connectivity index (χ4n) is 6.65. The van der Waals surface area contributed by atoms with Gasteiger partial charge in [0.15, 0.2) is 0 Å². The predicted molar refractivity (Wildman–Crippen MR) is 85.3 cm³/mol. The molecule has 128 valence electrons. The van der Waals surface area contributed by atoms with E-state index in [1.165, 1.54) is 6.08 Å². The fourth-order valence-corrected chi connectivity index (χ4v) is 6.65. The second-order valence-electron chi connectivity index (χ2n) is 9.00. The van der Waals surface area contributed by atoms with Crippen LogP contribution in [-0.2, 0) is 4.79 Å². The maximum atomic E-state index is 11.9. The highest BCUT2D eigenvalue weighted by atomic mass is 16.5. The lowest BCUT2D eigenvalue weighted by Gasteiger charge is -2.58. The van der Waals surface area contributed by atoms with Crippen LogP contribution >= 0.6 is 0 Å². The van der Waals surface area contributed by atoms with Crippen molar-refractivity contribution >= 4 is 5.78 Å². The molecule has 4 rings (SSSR count). The number of allylic oxidation sites excluding steroid dienone is 1. The van der Waals surface area contributed by atoms with E-state index in [1.807, 2.05) is 0 Å². The molecule has 4 aliphatic rings. The van der Waals surface area contributed by atoms with Crippen molar-refractivity contribution in [2.75, 3.05) is 0 Å². The molecular formula is C19H28O4. The molecule has 0 unspecified atom stereocenters. The molecule has 6 atom stereocenters. The molecule has 3 saturated carbocycles. The number of carbonyl (C=O) groups excluding carboxylic acids is 1. The number of aliphatic hydroxyl groups excluding tert-OH is 1. The molecule has 0 bridgehead atoms. The van der Waals surface area contributed by atoms with Gasteiger partial charge in [-0.15, -0.1) is 0 Å². The zero-order valence-corrected chi connectivity index (χ0v) is 14.1. The first-order valence-corrected chi connectivity index (χ1v) is 9.07. The minimum atomic E-state index is -2.21. The van der Waals surface area contributed by atoms with Crippen LogP contribution in [0.4, 0.5) is 0 Å². The van der Waals surface area contributed by atoms with E-state index in [2.05, 4.69) is 13.8 Å². The van der Waals surface area contributed by atoms with Crippen LogP contribution in [0.15, 0.2) is 11.6 Å². The zero-order chi connectivity index (χ0) is 16.6. The molecule has 0 heterocycles. The van der Waals surface area contributed by atoms with Gasteiger partial charge >= 0.3 is 0 Å². The lowest BCUT2D eigenvalue weighted by Crippen LogP contribution is -2.56. The molecule has 0 aromatic rings. The molecule has 0 aromatic heterocycles. The summed E-state index contributed by atoms with van der Waals surface area (Å²) in [5.41, 5.74) is 0.845. The largest absolute Gasteiger partial charge is 0.393 e. The Bertz CT molecular complexity index is 580. The number of fused-ring (bicyclic) bond motifs is 5. The monoisotopic (exact) mass is 320 g/mol. The Morgan fingerprint density at radius 1 is 1.09 bits per heavy atom. The van der Waals surface area contributed by atoms with E-state index in [1.54, 1.807) is 0 Å². The van der Waals surface area contributed by atoms with Crippen molar-refractivity contribution in [2.24, 2.45) is 28.6 Å². The Labute approximate surface area is 137 Å². The topological polar surface area (TPSA) is 77.8 Å². The summed E-state index contributed by atoms with van der Waals surface area (Å²) < 4.78 is 0. The van der Waals surface area contributed by atoms with Gasteiger partial charge in [0.1, 0.15) is 0 Å². The highest BCUT2D eigenvalue weighted by Gasteiger charge is 2.61. The minimum Gasteiger partial charge on any atom is -0.393 e. The molecule has 0 spiro atoms. The van der Waals surface area contributed by atoms with Crippen molar-refractivity contribution in [2.45, 2.75) is 70.7 Å². The minimum absolute atomic E-state index is 0.0265. The summed E-state index contributed by atoms with van der Waals surface area (Å²) in [5, 5.41) is 30.7. The van der Waals surface area contributed by atoms with Gasteiger partial charge in [-0.25, -0.2) is 0 Å². The Morgan fingerprint density at radius 3 is 2.57 bits per heavy atom. The summed E-state index contributed by atoms with van der Waals surface area (Å²) in [6.07, 6.45) is 7.37. The summed E-state index contributed by atoms with van der Waals surface area (Å²) in [6.45, 7) is 4.36. The average Bonchev–Trinajstić information content (AvgIpc) is 2.76. The molecule has 4 nitrogen and oxygen atoms in total. The Morgan fingerprint density at radius 2 is 1.83 bits per heavy atom. The van der Waals surface area contributed by atoms with Gasteiger partial charge in [-0.3, -0.25) is 4.79 Å². The van der Waals surface area contributed by atoms with E-state index >= 15 is 0 Å². The van der Waals surface area contributed by atoms with Crippen LogP contribution in [0.5, 0.6) is 0 Å². The highest BCUT2D eigenvalue weighted by Crippen LogP contribution is 2.65. The summed E-state index contributed by atoms with van der Waals surface area (Å²) in [5.74, 6) is -1.33. The average molecular weight is 320 g/mol. The Hall–Kier alpha value is -0.710. The van der Waals surface area contributed by atoms with E-state index < -0.39 is 11.6 Å². The molecule has 0 aliphatic heterocycles. The van der Waals surface area contributed by atoms with Crippen LogP contribution in [0.3, 0.4) is 0 Å². The van der Waals surface area contributed by atoms with Crippen molar-refractivity contribution in [1.29, 1.82) is 0 Å². The van der Waals surface area contributed by atoms with E-state index in [4.69, 9.17) is 0 Å². The quantitative estimate of drug-likeness (QED) is 0.598. The SMILES string of the molecule is C[C@]12CC[C@H]3[C@@H](CCC4=CC(=O)C(O)(O)C[C@@]43C)[C@@H]1CC[C@@H]2O. The number of hydrogen-bond donors (Lipinski definition) is 3. The van der Waals surface area contributed by atoms with Gasteiger partial charge in [-0.1, -0.05) is 19.4 Å². The lowest BCUT2D eigenvalue weighted by molar-refractivity contribution is -0.199. The molecule has 0 aromatic carbocycles. The van der Waals surface area contributed by atoms with Gasteiger partial charge in [0.2, 0.25) is 11.6 Å². The molecule has 4 aliphatic carbocycles. The first-order chi connectivity index (χ1) is 10.7. The molecule has 3 fully saturated rings. The lowest BCUT2D eigenvalue weighted by atomic mass is 9.47. The molecule has 0 radical (unpaired) electrons. The third-order valence-corrected chi connectivity index (χ3v) is 8.00. The second-order valence-corrected chi connectivity index (χ2v) is 9.00. The van der Waals surface area contributed by atoms with Crippen LogP contribution in [0.25, 0.3) is 0 Å². The standard InChI is InChI=1S/C19H28O4/c1-17-8-7-14-12(13(17)5-6-15(17)20)4-3-11-9-16(21)19(22,23)10-18(11,14)2/h9,12-15,20,22-23H,3-8,10H2,1-2H3/t12-,13-,14-,15-,17-,18-/m0/s1. The van der Waals surface area contributed by atoms with Crippen molar-refractivity contribution in [1.82, 2.24) is 0 Å². The van der Waals surface area contributed by atoms with Gasteiger partial charge in [0.05, 0.1) is 6.10 Å². The van der Waals surface area contributed by atoms with E-state index in [0.717, 1.165) is 44.1 Å². The maximum absolute atomic E-state index is 11.9. The summed E-state index contributed by atoms with van der Waals surface area (Å²) in [4.78, 5) is 11.9. The van der Waals surface area contributed by atoms with Gasteiger partial charge in [-0.05, 0) is 73.2 Å². The number of rotatable bonds is 0. The van der Waals surface area contributed by atoms with E-state index in [9.17, 15) is 20.1 Å². The van der Waals surface area contributed by atoms with Crippen molar-refractivity contribution in [3.05, 3.63) is 11.6 Å². The predicted octanol–water partition coefficient (Wildman–Crippen LogP) is 2.17. The molecule has 0 saturated heterocycles. The molecular weight excluding hydrogens is 292 g/mol. The van der Waals surface area contributed by atoms with Crippen LogP contribution in [0.2, 0.25) is 0 Å². The summed E-state index contributed by atoms with van der Waals surface area (Å²) in [6, 6.07) is 0. The van der Waals surface area contributed by atoms with Crippen LogP contribution in [0.1, 0.15) is 58.8 Å². The second kappa shape index (κ2) is 4.68. The van der Waals surface area contributed by atoms with Crippen LogP contribution in [-0.4, -0.2) is 33.0 Å². The molecule has 23 heavy (non-hydrogen) atoms. The Kier molecular flexibility index (Phi) is 3.21. The molecule has 3 N–H and O–H groups in total.